The average molecular weight is 989 g/mol. The Labute approximate surface area is 406 Å². The topological polar surface area (TPSA) is 225 Å². The molecule has 4 aromatic carbocycles. The maximum Gasteiger partial charge on any atom is 0.440 e. The van der Waals surface area contributed by atoms with E-state index in [1.54, 1.807) is 79.1 Å². The lowest BCUT2D eigenvalue weighted by atomic mass is 9.95. The van der Waals surface area contributed by atoms with Crippen LogP contribution in [-0.4, -0.2) is 98.4 Å². The number of thioether (sulfide) groups is 1. The van der Waals surface area contributed by atoms with Gasteiger partial charge in [-0.25, -0.2) is 15.0 Å². The van der Waals surface area contributed by atoms with Crippen molar-refractivity contribution in [1.29, 1.82) is 0 Å². The van der Waals surface area contributed by atoms with E-state index in [9.17, 15) is 28.8 Å². The van der Waals surface area contributed by atoms with Crippen molar-refractivity contribution in [3.63, 3.8) is 0 Å². The Balaban J connectivity index is 1.51. The van der Waals surface area contributed by atoms with Crippen molar-refractivity contribution >= 4 is 59.0 Å². The summed E-state index contributed by atoms with van der Waals surface area (Å²) < 4.78 is 52.3. The molecule has 6 rings (SSSR count). The second-order valence-corrected chi connectivity index (χ2v) is 17.0. The van der Waals surface area contributed by atoms with Gasteiger partial charge in [0.1, 0.15) is 13.2 Å². The fourth-order valence-corrected chi connectivity index (χ4v) is 8.83. The highest BCUT2D eigenvalue weighted by Crippen LogP contribution is 2.51. The number of aliphatic imine (C=N–C) groups is 1. The first-order valence-electron chi connectivity index (χ1n) is 21.4. The van der Waals surface area contributed by atoms with Crippen LogP contribution in [0, 0.1) is 0 Å². The van der Waals surface area contributed by atoms with Crippen molar-refractivity contribution < 1.29 is 66.6 Å². The lowest BCUT2D eigenvalue weighted by molar-refractivity contribution is -0.227. The summed E-state index contributed by atoms with van der Waals surface area (Å²) in [5.74, 6) is -1.26. The molecule has 19 nitrogen and oxygen atoms in total. The van der Waals surface area contributed by atoms with Gasteiger partial charge in [-0.2, -0.15) is 0 Å². The van der Waals surface area contributed by atoms with E-state index in [1.165, 1.54) is 39.2 Å². The molecule has 2 aliphatic rings. The van der Waals surface area contributed by atoms with Crippen molar-refractivity contribution in [2.45, 2.75) is 82.3 Å². The number of aryl methyl sites for hydroxylation is 1. The quantitative estimate of drug-likeness (QED) is 0.0271. The van der Waals surface area contributed by atoms with Crippen LogP contribution < -0.4 is 30.4 Å². The van der Waals surface area contributed by atoms with Gasteiger partial charge in [0, 0.05) is 26.3 Å². The van der Waals surface area contributed by atoms with Gasteiger partial charge < -0.3 is 47.9 Å². The molecule has 21 heteroatoms. The van der Waals surface area contributed by atoms with Crippen LogP contribution in [0.2, 0.25) is 0 Å². The molecule has 1 heterocycles. The smallest absolute Gasteiger partial charge is 0.440 e. The minimum absolute atomic E-state index is 0.157. The van der Waals surface area contributed by atoms with Crippen LogP contribution in [0.4, 0.5) is 9.59 Å². The number of carbonyl (C=O) groups is 5. The third-order valence-corrected chi connectivity index (χ3v) is 12.1. The van der Waals surface area contributed by atoms with Crippen molar-refractivity contribution in [2.24, 2.45) is 4.99 Å². The molecule has 1 fully saturated rings. The zero-order chi connectivity index (χ0) is 49.6. The van der Waals surface area contributed by atoms with Gasteiger partial charge in [0.05, 0.1) is 50.8 Å². The Morgan fingerprint density at radius 3 is 1.99 bits per heavy atom. The SMILES string of the molecule is COc1cc2c(c(OC)c1OC)-c1ccc(SC)c(=O)cc1[C@@H](N=C(N[C@@H]1OC[C@H](OC(C)=O)[C@H](OC(C)=O)[C@H]1OC(C)=O)SN(NC(=O)OCc1ccccc1)C(=O)OCc1ccccc1)CC2. The Morgan fingerprint density at radius 1 is 0.768 bits per heavy atom. The summed E-state index contributed by atoms with van der Waals surface area (Å²) in [5, 5.41) is 2.93. The van der Waals surface area contributed by atoms with Gasteiger partial charge in [-0.15, -0.1) is 16.2 Å². The molecule has 69 heavy (non-hydrogen) atoms. The van der Waals surface area contributed by atoms with Gasteiger partial charge in [-0.1, -0.05) is 66.7 Å². The molecule has 2 N–H and O–H groups in total. The van der Waals surface area contributed by atoms with Crippen LogP contribution in [-0.2, 0) is 62.4 Å². The van der Waals surface area contributed by atoms with Crippen LogP contribution in [0.3, 0.4) is 0 Å². The molecule has 366 valence electrons. The number of methoxy groups -OCH3 is 3. The van der Waals surface area contributed by atoms with Gasteiger partial charge in [0.2, 0.25) is 5.75 Å². The number of nitrogens with one attached hydrogen (secondary N) is 2. The molecular formula is C48H52N4O15S2. The van der Waals surface area contributed by atoms with E-state index in [4.69, 9.17) is 47.6 Å². The summed E-state index contributed by atoms with van der Waals surface area (Å²) in [5.41, 5.74) is 5.82. The Morgan fingerprint density at radius 2 is 1.39 bits per heavy atom. The first-order chi connectivity index (χ1) is 33.2. The zero-order valence-corrected chi connectivity index (χ0v) is 40.5. The maximum absolute atomic E-state index is 14.2. The summed E-state index contributed by atoms with van der Waals surface area (Å²) in [6, 6.07) is 23.6. The molecule has 0 bridgehead atoms. The number of amides is 2. The highest BCUT2D eigenvalue weighted by molar-refractivity contribution is 8.12. The predicted molar refractivity (Wildman–Crippen MR) is 253 cm³/mol. The number of rotatable bonds is 13. The number of hydrogen-bond donors (Lipinski definition) is 2. The molecule has 5 atom stereocenters. The van der Waals surface area contributed by atoms with E-state index in [1.807, 2.05) is 6.07 Å². The molecule has 0 unspecified atom stereocenters. The molecule has 0 spiro atoms. The summed E-state index contributed by atoms with van der Waals surface area (Å²) in [4.78, 5) is 84.7. The largest absolute Gasteiger partial charge is 0.493 e. The van der Waals surface area contributed by atoms with Crippen molar-refractivity contribution in [3.8, 4) is 28.4 Å². The molecular weight excluding hydrogens is 937 g/mol. The summed E-state index contributed by atoms with van der Waals surface area (Å²) >= 11 is 1.79. The highest BCUT2D eigenvalue weighted by atomic mass is 32.2. The number of hydrazine groups is 1. The lowest BCUT2D eigenvalue weighted by Gasteiger charge is -2.41. The number of nitrogens with zero attached hydrogens (tertiary/aromatic N) is 2. The predicted octanol–water partition coefficient (Wildman–Crippen LogP) is 6.67. The van der Waals surface area contributed by atoms with Crippen molar-refractivity contribution in [3.05, 3.63) is 117 Å². The summed E-state index contributed by atoms with van der Waals surface area (Å²) in [6.45, 7) is 2.68. The molecule has 0 aromatic heterocycles. The van der Waals surface area contributed by atoms with Gasteiger partial charge in [-0.05, 0) is 65.1 Å². The number of benzene rings is 3. The minimum Gasteiger partial charge on any atom is -0.493 e. The van der Waals surface area contributed by atoms with E-state index in [0.29, 0.717) is 68.3 Å². The van der Waals surface area contributed by atoms with E-state index < -0.39 is 60.7 Å². The average Bonchev–Trinajstić information content (AvgIpc) is 3.58. The first kappa shape index (κ1) is 51.4. The molecule has 1 saturated heterocycles. The highest BCUT2D eigenvalue weighted by Gasteiger charge is 2.48. The van der Waals surface area contributed by atoms with E-state index in [2.05, 4.69) is 10.7 Å². The fraction of sp³-hybridized carbons (Fsp3) is 0.354. The van der Waals surface area contributed by atoms with Crippen molar-refractivity contribution in [1.82, 2.24) is 15.2 Å². The number of esters is 3. The Kier molecular flexibility index (Phi) is 18.1. The molecule has 0 saturated carbocycles. The molecule has 1 aliphatic heterocycles. The number of amidine groups is 1. The van der Waals surface area contributed by atoms with Crippen LogP contribution in [0.25, 0.3) is 11.1 Å². The normalized spacial score (nSPS) is 18.4. The van der Waals surface area contributed by atoms with E-state index >= 15 is 0 Å². The summed E-state index contributed by atoms with van der Waals surface area (Å²) in [7, 11) is 4.48. The Bertz CT molecular complexity index is 2590. The van der Waals surface area contributed by atoms with Crippen LogP contribution in [0.15, 0.2) is 99.6 Å². The second kappa shape index (κ2) is 24.4. The van der Waals surface area contributed by atoms with Gasteiger partial charge in [-0.3, -0.25) is 24.2 Å². The van der Waals surface area contributed by atoms with E-state index in [-0.39, 0.29) is 36.8 Å². The first-order valence-corrected chi connectivity index (χ1v) is 23.4. The molecule has 0 radical (unpaired) electrons. The number of fused-ring (bicyclic) bond motifs is 3. The fourth-order valence-electron chi connectivity index (χ4n) is 7.60. The number of hydrogen-bond acceptors (Lipinski definition) is 18. The second-order valence-electron chi connectivity index (χ2n) is 15.2. The zero-order valence-electron chi connectivity index (χ0n) is 38.8. The standard InChI is InChI=1S/C48H52N4O15S2/c1-27(53)65-38-26-62-45(44(67-29(3)55)42(38)66-28(2)54)50-46(69-52(48(58)64-25-31-16-12-9-13-17-31)51-47(57)63-24-30-14-10-8-11-15-30)49-35-20-18-32-22-37(59-4)41(60-5)43(61-6)40(32)33-19-21-39(68-7)36(56)23-34(33)35/h8-17,19,21-23,35,38,42,44-45H,18,20,24-26H2,1-7H3,(H,49,50)(H,51,57)/t35-,38-,42-,44+,45+/m0/s1. The van der Waals surface area contributed by atoms with Gasteiger partial charge >= 0.3 is 30.1 Å². The van der Waals surface area contributed by atoms with Crippen LogP contribution >= 0.6 is 23.7 Å². The van der Waals surface area contributed by atoms with Gasteiger partial charge in [0.15, 0.2) is 46.6 Å². The monoisotopic (exact) mass is 988 g/mol. The number of carbonyl (C=O) groups excluding carboxylic acids is 5. The third kappa shape index (κ3) is 13.4. The lowest BCUT2D eigenvalue weighted by Crippen LogP contribution is -2.62. The summed E-state index contributed by atoms with van der Waals surface area (Å²) in [6.07, 6.45) is -5.31. The van der Waals surface area contributed by atoms with Crippen LogP contribution in [0.5, 0.6) is 17.2 Å². The minimum atomic E-state index is -1.50. The van der Waals surface area contributed by atoms with Crippen molar-refractivity contribution in [2.75, 3.05) is 34.2 Å². The third-order valence-electron chi connectivity index (χ3n) is 10.5. The number of ether oxygens (including phenoxy) is 9. The molecule has 4 aromatic rings. The Hall–Kier alpha value is -6.97. The van der Waals surface area contributed by atoms with E-state index in [0.717, 1.165) is 30.7 Å². The molecule has 2 amide bonds. The molecule has 1 aliphatic carbocycles. The van der Waals surface area contributed by atoms with Gasteiger partial charge in [0.25, 0.3) is 0 Å². The van der Waals surface area contributed by atoms with Crippen LogP contribution in [0.1, 0.15) is 55.5 Å². The maximum atomic E-state index is 14.2.